The molecule has 1 saturated heterocycles. The molecule has 1 unspecified atom stereocenters. The average molecular weight is 252 g/mol. The lowest BCUT2D eigenvalue weighted by atomic mass is 9.65. The number of hydrogen-bond acceptors (Lipinski definition) is 3. The van der Waals surface area contributed by atoms with Crippen LogP contribution in [0.4, 0.5) is 0 Å². The van der Waals surface area contributed by atoms with Gasteiger partial charge in [0.2, 0.25) is 0 Å². The zero-order valence-corrected chi connectivity index (χ0v) is 11.8. The van der Waals surface area contributed by atoms with Gasteiger partial charge in [0.15, 0.2) is 0 Å². The Hall–Kier alpha value is -0.120. The molecular formula is C15H28N2O. The van der Waals surface area contributed by atoms with E-state index >= 15 is 0 Å². The van der Waals surface area contributed by atoms with Crippen LogP contribution in [0, 0.1) is 5.41 Å². The predicted octanol–water partition coefficient (Wildman–Crippen LogP) is 2.15. The number of hydrogen-bond donors (Lipinski definition) is 1. The summed E-state index contributed by atoms with van der Waals surface area (Å²) in [6.45, 7) is 2.72. The molecule has 2 N–H and O–H groups in total. The summed E-state index contributed by atoms with van der Waals surface area (Å²) in [5, 5.41) is 0. The molecule has 3 rings (SSSR count). The van der Waals surface area contributed by atoms with Crippen molar-refractivity contribution in [2.24, 2.45) is 11.1 Å². The van der Waals surface area contributed by atoms with Crippen LogP contribution in [0.2, 0.25) is 0 Å². The van der Waals surface area contributed by atoms with Crippen molar-refractivity contribution < 1.29 is 4.74 Å². The Kier molecular flexibility index (Phi) is 3.41. The van der Waals surface area contributed by atoms with Gasteiger partial charge in [0.1, 0.15) is 0 Å². The van der Waals surface area contributed by atoms with Gasteiger partial charge in [0, 0.05) is 31.3 Å². The van der Waals surface area contributed by atoms with Crippen molar-refractivity contribution >= 4 is 0 Å². The molecule has 3 heteroatoms. The average Bonchev–Trinajstić information content (AvgIpc) is 2.67. The quantitative estimate of drug-likeness (QED) is 0.836. The third-order valence-electron chi connectivity index (χ3n) is 6.32. The lowest BCUT2D eigenvalue weighted by Crippen LogP contribution is -2.65. The van der Waals surface area contributed by atoms with Crippen LogP contribution in [0.15, 0.2) is 0 Å². The number of ether oxygens (including phenoxy) is 1. The summed E-state index contributed by atoms with van der Waals surface area (Å²) in [4.78, 5) is 2.69. The standard InChI is InChI=1S/C15H28N2O/c1-17(13-4-2-5-13)15(12-16)7-3-6-14(15)8-10-18-11-9-14/h13H,2-12,16H2,1H3. The fourth-order valence-electron chi connectivity index (χ4n) is 4.83. The molecule has 0 amide bonds. The Morgan fingerprint density at radius 1 is 1.11 bits per heavy atom. The van der Waals surface area contributed by atoms with E-state index in [2.05, 4.69) is 11.9 Å². The van der Waals surface area contributed by atoms with Crippen LogP contribution >= 0.6 is 0 Å². The Morgan fingerprint density at radius 3 is 2.39 bits per heavy atom. The predicted molar refractivity (Wildman–Crippen MR) is 73.5 cm³/mol. The summed E-state index contributed by atoms with van der Waals surface area (Å²) >= 11 is 0. The fraction of sp³-hybridized carbons (Fsp3) is 1.00. The molecule has 3 fully saturated rings. The minimum Gasteiger partial charge on any atom is -0.381 e. The van der Waals surface area contributed by atoms with Crippen LogP contribution in [0.5, 0.6) is 0 Å². The first-order valence-electron chi connectivity index (χ1n) is 7.75. The van der Waals surface area contributed by atoms with E-state index in [1.54, 1.807) is 0 Å². The highest BCUT2D eigenvalue weighted by Crippen LogP contribution is 2.56. The van der Waals surface area contributed by atoms with Crippen LogP contribution in [-0.2, 0) is 4.74 Å². The Bertz CT molecular complexity index is 297. The van der Waals surface area contributed by atoms with E-state index in [-0.39, 0.29) is 5.54 Å². The van der Waals surface area contributed by atoms with Crippen molar-refractivity contribution in [1.82, 2.24) is 4.90 Å². The second-order valence-electron chi connectivity index (χ2n) is 6.68. The van der Waals surface area contributed by atoms with Gasteiger partial charge in [0.05, 0.1) is 0 Å². The van der Waals surface area contributed by atoms with E-state index in [0.29, 0.717) is 5.41 Å². The molecule has 0 aromatic heterocycles. The van der Waals surface area contributed by atoms with Gasteiger partial charge in [-0.25, -0.2) is 0 Å². The monoisotopic (exact) mass is 252 g/mol. The summed E-state index contributed by atoms with van der Waals surface area (Å²) < 4.78 is 5.62. The Balaban J connectivity index is 1.87. The third-order valence-corrected chi connectivity index (χ3v) is 6.32. The van der Waals surface area contributed by atoms with Crippen molar-refractivity contribution in [3.63, 3.8) is 0 Å². The molecule has 1 aliphatic heterocycles. The molecule has 1 heterocycles. The lowest BCUT2D eigenvalue weighted by molar-refractivity contribution is -0.0902. The largest absolute Gasteiger partial charge is 0.381 e. The Morgan fingerprint density at radius 2 is 1.83 bits per heavy atom. The normalized spacial score (nSPS) is 36.2. The van der Waals surface area contributed by atoms with Crippen molar-refractivity contribution in [1.29, 1.82) is 0 Å². The second kappa shape index (κ2) is 4.77. The van der Waals surface area contributed by atoms with Gasteiger partial charge in [-0.3, -0.25) is 4.90 Å². The molecule has 1 spiro atoms. The van der Waals surface area contributed by atoms with Gasteiger partial charge in [-0.1, -0.05) is 12.8 Å². The molecule has 0 aromatic rings. The van der Waals surface area contributed by atoms with Crippen LogP contribution < -0.4 is 5.73 Å². The first kappa shape index (κ1) is 12.9. The SMILES string of the molecule is CN(C1CCC1)C1(CN)CCCC12CCOCC2. The highest BCUT2D eigenvalue weighted by Gasteiger charge is 2.57. The summed E-state index contributed by atoms with van der Waals surface area (Å²) in [6, 6.07) is 0.798. The van der Waals surface area contributed by atoms with Crippen molar-refractivity contribution in [3.05, 3.63) is 0 Å². The lowest BCUT2D eigenvalue weighted by Gasteiger charge is -2.56. The summed E-state index contributed by atoms with van der Waals surface area (Å²) in [7, 11) is 2.35. The number of nitrogens with two attached hydrogens (primary N) is 1. The molecule has 0 aromatic carbocycles. The number of nitrogens with zero attached hydrogens (tertiary/aromatic N) is 1. The maximum absolute atomic E-state index is 6.31. The van der Waals surface area contributed by atoms with E-state index in [1.807, 2.05) is 0 Å². The van der Waals surface area contributed by atoms with Crippen LogP contribution in [0.1, 0.15) is 51.4 Å². The maximum atomic E-state index is 6.31. The molecule has 0 bridgehead atoms. The van der Waals surface area contributed by atoms with Gasteiger partial charge < -0.3 is 10.5 Å². The fourth-order valence-corrected chi connectivity index (χ4v) is 4.83. The smallest absolute Gasteiger partial charge is 0.0472 e. The molecule has 0 radical (unpaired) electrons. The first-order chi connectivity index (χ1) is 8.74. The zero-order valence-electron chi connectivity index (χ0n) is 11.8. The highest BCUT2D eigenvalue weighted by atomic mass is 16.5. The van der Waals surface area contributed by atoms with Crippen LogP contribution in [0.3, 0.4) is 0 Å². The van der Waals surface area contributed by atoms with Crippen molar-refractivity contribution in [3.8, 4) is 0 Å². The molecule has 1 atom stereocenters. The summed E-state index contributed by atoms with van der Waals surface area (Å²) in [5.41, 5.74) is 7.02. The number of rotatable bonds is 3. The third kappa shape index (κ3) is 1.67. The minimum absolute atomic E-state index is 0.266. The van der Waals surface area contributed by atoms with Crippen LogP contribution in [0.25, 0.3) is 0 Å². The number of likely N-dealkylation sites (N-methyl/N-ethyl adjacent to an activating group) is 1. The first-order valence-corrected chi connectivity index (χ1v) is 7.75. The van der Waals surface area contributed by atoms with E-state index in [0.717, 1.165) is 25.8 Å². The van der Waals surface area contributed by atoms with Crippen molar-refractivity contribution in [2.75, 3.05) is 26.8 Å². The van der Waals surface area contributed by atoms with Crippen molar-refractivity contribution in [2.45, 2.75) is 62.9 Å². The molecule has 3 aliphatic rings. The van der Waals surface area contributed by atoms with Gasteiger partial charge >= 0.3 is 0 Å². The van der Waals surface area contributed by atoms with E-state index in [1.165, 1.54) is 51.4 Å². The molecule has 2 saturated carbocycles. The zero-order chi connectivity index (χ0) is 12.6. The molecule has 18 heavy (non-hydrogen) atoms. The molecule has 104 valence electrons. The highest BCUT2D eigenvalue weighted by molar-refractivity contribution is 5.12. The summed E-state index contributed by atoms with van der Waals surface area (Å²) in [5.74, 6) is 0. The minimum atomic E-state index is 0.266. The summed E-state index contributed by atoms with van der Waals surface area (Å²) in [6.07, 6.45) is 10.6. The van der Waals surface area contributed by atoms with Gasteiger partial charge in [-0.15, -0.1) is 0 Å². The van der Waals surface area contributed by atoms with E-state index in [4.69, 9.17) is 10.5 Å². The maximum Gasteiger partial charge on any atom is 0.0472 e. The Labute approximate surface area is 111 Å². The molecule has 3 nitrogen and oxygen atoms in total. The topological polar surface area (TPSA) is 38.5 Å². The van der Waals surface area contributed by atoms with Gasteiger partial charge in [-0.05, 0) is 51.0 Å². The van der Waals surface area contributed by atoms with E-state index < -0.39 is 0 Å². The van der Waals surface area contributed by atoms with Gasteiger partial charge in [0.25, 0.3) is 0 Å². The molecule has 2 aliphatic carbocycles. The second-order valence-corrected chi connectivity index (χ2v) is 6.68. The molecular weight excluding hydrogens is 224 g/mol. The van der Waals surface area contributed by atoms with Crippen LogP contribution in [-0.4, -0.2) is 43.3 Å². The van der Waals surface area contributed by atoms with Gasteiger partial charge in [-0.2, -0.15) is 0 Å². The van der Waals surface area contributed by atoms with E-state index in [9.17, 15) is 0 Å².